The molecule has 9 nitrogen and oxygen atoms in total. The van der Waals surface area contributed by atoms with E-state index in [1.807, 2.05) is 18.4 Å². The summed E-state index contributed by atoms with van der Waals surface area (Å²) in [5.41, 5.74) is 3.25. The summed E-state index contributed by atoms with van der Waals surface area (Å²) in [6.45, 7) is 1.47. The Hall–Kier alpha value is -3.40. The summed E-state index contributed by atoms with van der Waals surface area (Å²) in [5.74, 6) is 2.00. The molecule has 2 aromatic rings. The number of carbonyl (C=O) groups excluding carboxylic acids is 2. The minimum atomic E-state index is -0.553. The van der Waals surface area contributed by atoms with Crippen LogP contribution in [0.1, 0.15) is 75.5 Å². The number of aryl methyl sites for hydroxylation is 1. The summed E-state index contributed by atoms with van der Waals surface area (Å²) in [7, 11) is 4.71. The Morgan fingerprint density at radius 2 is 1.67 bits per heavy atom. The third-order valence-corrected chi connectivity index (χ3v) is 9.02. The summed E-state index contributed by atoms with van der Waals surface area (Å²) in [6.07, 6.45) is 10.4. The highest BCUT2D eigenvalue weighted by molar-refractivity contribution is 7.98. The summed E-state index contributed by atoms with van der Waals surface area (Å²) < 4.78 is 17.2. The molecule has 2 aliphatic carbocycles. The van der Waals surface area contributed by atoms with Gasteiger partial charge < -0.3 is 30.2 Å². The highest BCUT2D eigenvalue weighted by Crippen LogP contribution is 2.50. The quantitative estimate of drug-likeness (QED) is 0.296. The van der Waals surface area contributed by atoms with Crippen molar-refractivity contribution in [1.82, 2.24) is 10.6 Å². The fraction of sp³-hybridized carbons (Fsp3) is 0.545. The molecule has 2 aliphatic rings. The Bertz CT molecular complexity index is 1360. The fourth-order valence-electron chi connectivity index (χ4n) is 6.24. The average molecular weight is 612 g/mol. The Morgan fingerprint density at radius 1 is 0.953 bits per heavy atom. The van der Waals surface area contributed by atoms with Crippen LogP contribution in [-0.4, -0.2) is 57.2 Å². The molecule has 0 radical (unpaired) electrons. The van der Waals surface area contributed by atoms with Crippen molar-refractivity contribution in [1.29, 1.82) is 0 Å². The highest BCUT2D eigenvalue weighted by Gasteiger charge is 2.30. The smallest absolute Gasteiger partial charge is 0.242 e. The van der Waals surface area contributed by atoms with Crippen molar-refractivity contribution >= 4 is 29.3 Å². The van der Waals surface area contributed by atoms with E-state index in [0.717, 1.165) is 48.1 Å². The van der Waals surface area contributed by atoms with E-state index >= 15 is 0 Å². The van der Waals surface area contributed by atoms with Crippen molar-refractivity contribution in [3.05, 3.63) is 45.6 Å². The molecule has 1 saturated carbocycles. The second-order valence-corrected chi connectivity index (χ2v) is 12.3. The zero-order chi connectivity index (χ0) is 30.9. The summed E-state index contributed by atoms with van der Waals surface area (Å²) in [4.78, 5) is 39.6. The standard InChI is InChI=1S/C33H45N3O6S/c1-20(37)34-25-14-12-21-18-29(40-2)31(41-3)32(42-4)30(21)23-13-15-26(28(38)19-24(23)25)36-27(16-17-43-5)33(39)35-22-10-8-6-7-9-11-22/h13,15,18-19,22,25,27H,6-12,14,16-17H2,1-5H3,(H,34,37)(H,35,39)(H,36,38)/t25-,27+/m0/s1. The molecule has 0 bridgehead atoms. The SMILES string of the molecule is COc1cc2c(c(OC)c1OC)-c1ccc(N[C@H](CCSC)C(=O)NC3CCCCCC3)c(=O)cc1[C@@H](NC(C)=O)CC2. The second-order valence-electron chi connectivity index (χ2n) is 11.3. The van der Waals surface area contributed by atoms with Gasteiger partial charge in [-0.3, -0.25) is 14.4 Å². The van der Waals surface area contributed by atoms with Gasteiger partial charge in [-0.15, -0.1) is 0 Å². The van der Waals surface area contributed by atoms with Crippen molar-refractivity contribution in [2.45, 2.75) is 82.8 Å². The molecular weight excluding hydrogens is 566 g/mol. The Morgan fingerprint density at radius 3 is 2.30 bits per heavy atom. The molecule has 2 amide bonds. The molecule has 2 atom stereocenters. The topological polar surface area (TPSA) is 115 Å². The van der Waals surface area contributed by atoms with Crippen molar-refractivity contribution in [3.8, 4) is 28.4 Å². The van der Waals surface area contributed by atoms with Gasteiger partial charge in [0.1, 0.15) is 6.04 Å². The molecule has 2 aromatic carbocycles. The first-order valence-corrected chi connectivity index (χ1v) is 16.5. The van der Waals surface area contributed by atoms with Gasteiger partial charge in [0, 0.05) is 18.5 Å². The lowest BCUT2D eigenvalue weighted by atomic mass is 9.95. The lowest BCUT2D eigenvalue weighted by Crippen LogP contribution is -2.45. The number of benzene rings is 1. The van der Waals surface area contributed by atoms with E-state index in [-0.39, 0.29) is 23.3 Å². The van der Waals surface area contributed by atoms with E-state index in [4.69, 9.17) is 14.2 Å². The summed E-state index contributed by atoms with van der Waals surface area (Å²) in [6, 6.07) is 6.33. The van der Waals surface area contributed by atoms with E-state index in [9.17, 15) is 14.4 Å². The monoisotopic (exact) mass is 611 g/mol. The molecule has 0 saturated heterocycles. The molecule has 3 N–H and O–H groups in total. The molecule has 1 fully saturated rings. The molecular formula is C33H45N3O6S. The summed E-state index contributed by atoms with van der Waals surface area (Å²) >= 11 is 1.67. The Kier molecular flexibility index (Phi) is 11.6. The molecule has 43 heavy (non-hydrogen) atoms. The predicted molar refractivity (Wildman–Crippen MR) is 173 cm³/mol. The van der Waals surface area contributed by atoms with Crippen molar-refractivity contribution in [2.24, 2.45) is 0 Å². The van der Waals surface area contributed by atoms with Crippen LogP contribution < -0.4 is 35.6 Å². The minimum absolute atomic E-state index is 0.0756. The van der Waals surface area contributed by atoms with E-state index in [2.05, 4.69) is 16.0 Å². The number of carbonyl (C=O) groups is 2. The van der Waals surface area contributed by atoms with Crippen LogP contribution in [0.15, 0.2) is 29.1 Å². The van der Waals surface area contributed by atoms with Gasteiger partial charge in [-0.2, -0.15) is 11.8 Å². The first kappa shape index (κ1) is 32.5. The van der Waals surface area contributed by atoms with E-state index in [1.54, 1.807) is 45.2 Å². The maximum absolute atomic E-state index is 13.8. The Labute approximate surface area is 258 Å². The maximum atomic E-state index is 13.8. The number of methoxy groups -OCH3 is 3. The molecule has 0 aromatic heterocycles. The fourth-order valence-corrected chi connectivity index (χ4v) is 6.72. The number of rotatable bonds is 11. The molecule has 0 heterocycles. The third-order valence-electron chi connectivity index (χ3n) is 8.37. The van der Waals surface area contributed by atoms with Gasteiger partial charge in [0.15, 0.2) is 11.5 Å². The van der Waals surface area contributed by atoms with Crippen LogP contribution in [0.25, 0.3) is 11.1 Å². The van der Waals surface area contributed by atoms with Crippen LogP contribution in [0.5, 0.6) is 17.2 Å². The van der Waals surface area contributed by atoms with Gasteiger partial charge in [-0.05, 0) is 79.0 Å². The molecule has 0 spiro atoms. The second kappa shape index (κ2) is 15.4. The van der Waals surface area contributed by atoms with E-state index in [1.165, 1.54) is 19.8 Å². The van der Waals surface area contributed by atoms with Crippen LogP contribution >= 0.6 is 11.8 Å². The number of fused-ring (bicyclic) bond motifs is 3. The van der Waals surface area contributed by atoms with Gasteiger partial charge in [0.2, 0.25) is 23.0 Å². The van der Waals surface area contributed by atoms with Crippen LogP contribution in [0.3, 0.4) is 0 Å². The van der Waals surface area contributed by atoms with Gasteiger partial charge in [0.25, 0.3) is 0 Å². The van der Waals surface area contributed by atoms with Gasteiger partial charge >= 0.3 is 0 Å². The van der Waals surface area contributed by atoms with Crippen molar-refractivity contribution < 1.29 is 23.8 Å². The van der Waals surface area contributed by atoms with Gasteiger partial charge in [-0.1, -0.05) is 31.7 Å². The maximum Gasteiger partial charge on any atom is 0.242 e. The first-order valence-electron chi connectivity index (χ1n) is 15.1. The normalized spacial score (nSPS) is 17.3. The zero-order valence-electron chi connectivity index (χ0n) is 26.0. The first-order chi connectivity index (χ1) is 20.8. The van der Waals surface area contributed by atoms with Crippen LogP contribution in [0, 0.1) is 0 Å². The van der Waals surface area contributed by atoms with Crippen LogP contribution in [0.2, 0.25) is 0 Å². The average Bonchev–Trinajstić information content (AvgIpc) is 3.40. The number of anilines is 1. The van der Waals surface area contributed by atoms with Crippen LogP contribution in [0.4, 0.5) is 5.69 Å². The molecule has 234 valence electrons. The van der Waals surface area contributed by atoms with Crippen molar-refractivity contribution in [2.75, 3.05) is 38.7 Å². The van der Waals surface area contributed by atoms with Crippen molar-refractivity contribution in [3.63, 3.8) is 0 Å². The molecule has 10 heteroatoms. The largest absolute Gasteiger partial charge is 0.493 e. The lowest BCUT2D eigenvalue weighted by Gasteiger charge is -2.23. The predicted octanol–water partition coefficient (Wildman–Crippen LogP) is 5.24. The number of ether oxygens (including phenoxy) is 3. The molecule has 0 unspecified atom stereocenters. The number of thioether (sulfide) groups is 1. The minimum Gasteiger partial charge on any atom is -0.493 e. The van der Waals surface area contributed by atoms with Gasteiger partial charge in [-0.25, -0.2) is 0 Å². The summed E-state index contributed by atoms with van der Waals surface area (Å²) in [5, 5.41) is 9.59. The highest BCUT2D eigenvalue weighted by atomic mass is 32.2. The Balaban J connectivity index is 1.80. The number of nitrogens with one attached hydrogen (secondary N) is 3. The van der Waals surface area contributed by atoms with E-state index < -0.39 is 12.1 Å². The number of amides is 2. The van der Waals surface area contributed by atoms with Gasteiger partial charge in [0.05, 0.1) is 33.1 Å². The van der Waals surface area contributed by atoms with Crippen LogP contribution in [-0.2, 0) is 16.0 Å². The third kappa shape index (κ3) is 7.77. The zero-order valence-corrected chi connectivity index (χ0v) is 26.8. The lowest BCUT2D eigenvalue weighted by molar-refractivity contribution is -0.122. The number of hydrogen-bond acceptors (Lipinski definition) is 8. The number of hydrogen-bond donors (Lipinski definition) is 3. The molecule has 4 rings (SSSR count). The van der Waals surface area contributed by atoms with E-state index in [0.29, 0.717) is 47.8 Å². The molecule has 0 aliphatic heterocycles.